The van der Waals surface area contributed by atoms with Gasteiger partial charge in [-0.25, -0.2) is 0 Å². The molecule has 1 aliphatic heterocycles. The average Bonchev–Trinajstić information content (AvgIpc) is 2.41. The van der Waals surface area contributed by atoms with Crippen molar-refractivity contribution >= 4 is 21.6 Å². The van der Waals surface area contributed by atoms with Gasteiger partial charge in [-0.2, -0.15) is 0 Å². The van der Waals surface area contributed by atoms with E-state index in [1.54, 1.807) is 7.11 Å². The Kier molecular flexibility index (Phi) is 5.33. The summed E-state index contributed by atoms with van der Waals surface area (Å²) in [5.74, 6) is 1.46. The van der Waals surface area contributed by atoms with Gasteiger partial charge in [-0.3, -0.25) is 0 Å². The predicted octanol–water partition coefficient (Wildman–Crippen LogP) is 4.38. The Balaban J connectivity index is 2.13. The van der Waals surface area contributed by atoms with E-state index in [0.717, 1.165) is 35.4 Å². The molecule has 1 N–H and O–H groups in total. The van der Waals surface area contributed by atoms with Gasteiger partial charge in [0, 0.05) is 17.1 Å². The van der Waals surface area contributed by atoms with Crippen molar-refractivity contribution in [3.05, 3.63) is 22.2 Å². The summed E-state index contributed by atoms with van der Waals surface area (Å²) in [6, 6.07) is 4.57. The second-order valence-corrected chi connectivity index (χ2v) is 6.73. The van der Waals surface area contributed by atoms with Gasteiger partial charge in [0.25, 0.3) is 0 Å². The highest BCUT2D eigenvalue weighted by atomic mass is 79.9. The van der Waals surface area contributed by atoms with Crippen LogP contribution in [0.1, 0.15) is 32.3 Å². The zero-order valence-corrected chi connectivity index (χ0v) is 14.3. The first-order valence-electron chi connectivity index (χ1n) is 7.23. The highest BCUT2D eigenvalue weighted by Gasteiger charge is 2.25. The van der Waals surface area contributed by atoms with Crippen LogP contribution in [-0.4, -0.2) is 25.9 Å². The SMILES string of the molecule is COc1cc(Br)cc(C)c1NC1CCOC(C(C)C)C1. The molecule has 2 unspecified atom stereocenters. The first kappa shape index (κ1) is 15.6. The highest BCUT2D eigenvalue weighted by Crippen LogP contribution is 2.34. The number of methoxy groups -OCH3 is 1. The summed E-state index contributed by atoms with van der Waals surface area (Å²) in [5, 5.41) is 3.65. The standard InChI is InChI=1S/C16H24BrNO2/c1-10(2)14-9-13(5-6-20-14)18-16-11(3)7-12(17)8-15(16)19-4/h7-8,10,13-14,18H,5-6,9H2,1-4H3. The summed E-state index contributed by atoms with van der Waals surface area (Å²) in [6.45, 7) is 7.38. The summed E-state index contributed by atoms with van der Waals surface area (Å²) < 4.78 is 12.4. The van der Waals surface area contributed by atoms with E-state index in [0.29, 0.717) is 18.1 Å². The molecule has 2 atom stereocenters. The predicted molar refractivity (Wildman–Crippen MR) is 86.7 cm³/mol. The fraction of sp³-hybridized carbons (Fsp3) is 0.625. The fourth-order valence-corrected chi connectivity index (χ4v) is 3.24. The van der Waals surface area contributed by atoms with Gasteiger partial charge < -0.3 is 14.8 Å². The van der Waals surface area contributed by atoms with Crippen LogP contribution >= 0.6 is 15.9 Å². The van der Waals surface area contributed by atoms with Crippen molar-refractivity contribution < 1.29 is 9.47 Å². The monoisotopic (exact) mass is 341 g/mol. The van der Waals surface area contributed by atoms with Gasteiger partial charge >= 0.3 is 0 Å². The number of anilines is 1. The molecule has 1 heterocycles. The Morgan fingerprint density at radius 1 is 1.40 bits per heavy atom. The van der Waals surface area contributed by atoms with Gasteiger partial charge in [-0.15, -0.1) is 0 Å². The van der Waals surface area contributed by atoms with E-state index in [-0.39, 0.29) is 0 Å². The van der Waals surface area contributed by atoms with Crippen LogP contribution in [0.25, 0.3) is 0 Å². The molecule has 112 valence electrons. The second kappa shape index (κ2) is 6.81. The Bertz CT molecular complexity index is 462. The Hall–Kier alpha value is -0.740. The van der Waals surface area contributed by atoms with Crippen molar-refractivity contribution in [1.29, 1.82) is 0 Å². The first-order valence-corrected chi connectivity index (χ1v) is 8.02. The molecule has 0 radical (unpaired) electrons. The summed E-state index contributed by atoms with van der Waals surface area (Å²) in [6.07, 6.45) is 2.45. The molecule has 0 bridgehead atoms. The highest BCUT2D eigenvalue weighted by molar-refractivity contribution is 9.10. The number of hydrogen-bond acceptors (Lipinski definition) is 3. The molecule has 4 heteroatoms. The topological polar surface area (TPSA) is 30.5 Å². The van der Waals surface area contributed by atoms with Gasteiger partial charge in [0.2, 0.25) is 0 Å². The Morgan fingerprint density at radius 3 is 2.80 bits per heavy atom. The molecule has 0 spiro atoms. The van der Waals surface area contributed by atoms with Crippen LogP contribution in [0.15, 0.2) is 16.6 Å². The smallest absolute Gasteiger partial charge is 0.143 e. The van der Waals surface area contributed by atoms with E-state index in [2.05, 4.69) is 48.1 Å². The number of benzene rings is 1. The van der Waals surface area contributed by atoms with E-state index >= 15 is 0 Å². The van der Waals surface area contributed by atoms with E-state index in [4.69, 9.17) is 9.47 Å². The zero-order chi connectivity index (χ0) is 14.7. The lowest BCUT2D eigenvalue weighted by Gasteiger charge is -2.33. The van der Waals surface area contributed by atoms with Crippen LogP contribution in [-0.2, 0) is 4.74 Å². The van der Waals surface area contributed by atoms with Crippen LogP contribution in [0.4, 0.5) is 5.69 Å². The number of halogens is 1. The number of ether oxygens (including phenoxy) is 2. The number of rotatable bonds is 4. The van der Waals surface area contributed by atoms with Crippen molar-refractivity contribution in [2.45, 2.75) is 45.8 Å². The normalized spacial score (nSPS) is 22.9. The van der Waals surface area contributed by atoms with Crippen LogP contribution in [0.3, 0.4) is 0 Å². The average molecular weight is 342 g/mol. The fourth-order valence-electron chi connectivity index (χ4n) is 2.69. The first-order chi connectivity index (χ1) is 9.51. The van der Waals surface area contributed by atoms with Gasteiger partial charge in [0.15, 0.2) is 0 Å². The van der Waals surface area contributed by atoms with Gasteiger partial charge in [0.1, 0.15) is 5.75 Å². The molecule has 1 aliphatic rings. The van der Waals surface area contributed by atoms with Crippen LogP contribution < -0.4 is 10.1 Å². The zero-order valence-electron chi connectivity index (χ0n) is 12.7. The van der Waals surface area contributed by atoms with Gasteiger partial charge in [0.05, 0.1) is 18.9 Å². The molecule has 0 aromatic heterocycles. The molecule has 2 rings (SSSR count). The lowest BCUT2D eigenvalue weighted by atomic mass is 9.95. The molecule has 0 amide bonds. The van der Waals surface area contributed by atoms with E-state index in [9.17, 15) is 0 Å². The van der Waals surface area contributed by atoms with Crippen molar-refractivity contribution in [2.24, 2.45) is 5.92 Å². The van der Waals surface area contributed by atoms with Crippen LogP contribution in [0.2, 0.25) is 0 Å². The third-order valence-electron chi connectivity index (χ3n) is 3.89. The van der Waals surface area contributed by atoms with Crippen molar-refractivity contribution in [1.82, 2.24) is 0 Å². The maximum atomic E-state index is 5.83. The molecule has 1 saturated heterocycles. The third-order valence-corrected chi connectivity index (χ3v) is 4.35. The van der Waals surface area contributed by atoms with Crippen LogP contribution in [0, 0.1) is 12.8 Å². The second-order valence-electron chi connectivity index (χ2n) is 5.82. The maximum Gasteiger partial charge on any atom is 0.143 e. The van der Waals surface area contributed by atoms with Gasteiger partial charge in [-0.05, 0) is 43.4 Å². The molecule has 1 aromatic rings. The van der Waals surface area contributed by atoms with Crippen LogP contribution in [0.5, 0.6) is 5.75 Å². The molecule has 1 aromatic carbocycles. The molecule has 1 fully saturated rings. The number of aryl methyl sites for hydroxylation is 1. The summed E-state index contributed by atoms with van der Waals surface area (Å²) in [5.41, 5.74) is 2.30. The van der Waals surface area contributed by atoms with E-state index in [1.807, 2.05) is 6.07 Å². The van der Waals surface area contributed by atoms with Crippen molar-refractivity contribution in [3.63, 3.8) is 0 Å². The largest absolute Gasteiger partial charge is 0.495 e. The minimum atomic E-state index is 0.350. The molecular formula is C16H24BrNO2. The number of nitrogens with one attached hydrogen (secondary N) is 1. The molecular weight excluding hydrogens is 318 g/mol. The minimum Gasteiger partial charge on any atom is -0.495 e. The van der Waals surface area contributed by atoms with Crippen molar-refractivity contribution in [3.8, 4) is 5.75 Å². The maximum absolute atomic E-state index is 5.83. The number of hydrogen-bond donors (Lipinski definition) is 1. The summed E-state index contributed by atoms with van der Waals surface area (Å²) in [7, 11) is 1.72. The molecule has 0 aliphatic carbocycles. The lowest BCUT2D eigenvalue weighted by molar-refractivity contribution is -0.0161. The molecule has 20 heavy (non-hydrogen) atoms. The Morgan fingerprint density at radius 2 is 2.15 bits per heavy atom. The van der Waals surface area contributed by atoms with Gasteiger partial charge in [-0.1, -0.05) is 29.8 Å². The molecule has 0 saturated carbocycles. The summed E-state index contributed by atoms with van der Waals surface area (Å²) >= 11 is 3.51. The minimum absolute atomic E-state index is 0.350. The lowest BCUT2D eigenvalue weighted by Crippen LogP contribution is -2.36. The Labute approximate surface area is 130 Å². The summed E-state index contributed by atoms with van der Waals surface area (Å²) in [4.78, 5) is 0. The van der Waals surface area contributed by atoms with E-state index in [1.165, 1.54) is 5.56 Å². The van der Waals surface area contributed by atoms with Crippen molar-refractivity contribution in [2.75, 3.05) is 19.0 Å². The quantitative estimate of drug-likeness (QED) is 0.881. The third kappa shape index (κ3) is 3.67. The molecule has 3 nitrogen and oxygen atoms in total. The van der Waals surface area contributed by atoms with E-state index < -0.39 is 0 Å².